The summed E-state index contributed by atoms with van der Waals surface area (Å²) in [6, 6.07) is 6.61. The topological polar surface area (TPSA) is 47.6 Å². The fraction of sp³-hybridized carbons (Fsp3) is 0.308. The van der Waals surface area contributed by atoms with Crippen LogP contribution in [0.15, 0.2) is 24.3 Å². The Kier molecular flexibility index (Phi) is 5.05. The van der Waals surface area contributed by atoms with Crippen molar-refractivity contribution >= 4 is 5.97 Å². The van der Waals surface area contributed by atoms with E-state index < -0.39 is 12.0 Å². The number of esters is 1. The molecule has 0 bridgehead atoms. The van der Waals surface area contributed by atoms with Gasteiger partial charge >= 0.3 is 5.97 Å². The summed E-state index contributed by atoms with van der Waals surface area (Å²) in [4.78, 5) is 11.7. The summed E-state index contributed by atoms with van der Waals surface area (Å²) in [6.07, 6.45) is 5.17. The van der Waals surface area contributed by atoms with Gasteiger partial charge in [0.25, 0.3) is 0 Å². The minimum Gasteiger partial charge on any atom is -0.496 e. The first kappa shape index (κ1) is 13.1. The molecular weight excluding hydrogens is 218 g/mol. The number of carbonyl (C=O) groups is 1. The van der Waals surface area contributed by atoms with Crippen LogP contribution in [0.25, 0.3) is 0 Å². The summed E-state index contributed by atoms with van der Waals surface area (Å²) in [5.74, 6) is 2.64. The smallest absolute Gasteiger partial charge is 0.327 e. The maximum atomic E-state index is 11.7. The predicted molar refractivity (Wildman–Crippen MR) is 64.6 cm³/mol. The molecule has 1 aromatic carbocycles. The standard InChI is InChI=1S/C13H15NO3/c1-4-9-14-12(13(15)17-3)10-7-5-6-8-11(10)16-2/h1,5-8,12,14H,9H2,2-3H3. The molecule has 0 saturated heterocycles. The average molecular weight is 233 g/mol. The van der Waals surface area contributed by atoms with Gasteiger partial charge in [-0.1, -0.05) is 24.1 Å². The van der Waals surface area contributed by atoms with E-state index in [0.29, 0.717) is 11.3 Å². The van der Waals surface area contributed by atoms with Crippen LogP contribution >= 0.6 is 0 Å². The summed E-state index contributed by atoms with van der Waals surface area (Å²) >= 11 is 0. The van der Waals surface area contributed by atoms with Crippen molar-refractivity contribution in [2.24, 2.45) is 0 Å². The molecule has 0 radical (unpaired) electrons. The van der Waals surface area contributed by atoms with Crippen LogP contribution < -0.4 is 10.1 Å². The van der Waals surface area contributed by atoms with Gasteiger partial charge in [-0.15, -0.1) is 6.42 Å². The minimum absolute atomic E-state index is 0.276. The zero-order valence-electron chi connectivity index (χ0n) is 9.90. The lowest BCUT2D eigenvalue weighted by Gasteiger charge is -2.17. The van der Waals surface area contributed by atoms with E-state index in [2.05, 4.69) is 11.2 Å². The summed E-state index contributed by atoms with van der Waals surface area (Å²) in [5, 5.41) is 2.92. The van der Waals surface area contributed by atoms with Crippen LogP contribution in [0.3, 0.4) is 0 Å². The van der Waals surface area contributed by atoms with Gasteiger partial charge < -0.3 is 9.47 Å². The van der Waals surface area contributed by atoms with Gasteiger partial charge in [0.1, 0.15) is 11.8 Å². The Labute approximate surface area is 101 Å². The molecule has 0 fully saturated rings. The summed E-state index contributed by atoms with van der Waals surface area (Å²) < 4.78 is 9.94. The molecule has 0 aliphatic heterocycles. The highest BCUT2D eigenvalue weighted by Crippen LogP contribution is 2.25. The van der Waals surface area contributed by atoms with Crippen molar-refractivity contribution in [3.8, 4) is 18.1 Å². The Bertz CT molecular complexity index is 423. The van der Waals surface area contributed by atoms with E-state index in [1.54, 1.807) is 19.2 Å². The molecule has 0 spiro atoms. The van der Waals surface area contributed by atoms with Crippen molar-refractivity contribution in [1.82, 2.24) is 5.32 Å². The summed E-state index contributed by atoms with van der Waals surface area (Å²) in [5.41, 5.74) is 0.706. The molecule has 1 aromatic rings. The number of terminal acetylenes is 1. The number of benzene rings is 1. The van der Waals surface area contributed by atoms with Gasteiger partial charge in [0.2, 0.25) is 0 Å². The highest BCUT2D eigenvalue weighted by atomic mass is 16.5. The molecular formula is C13H15NO3. The van der Waals surface area contributed by atoms with Gasteiger partial charge in [0.05, 0.1) is 20.8 Å². The third kappa shape index (κ3) is 3.23. The fourth-order valence-corrected chi connectivity index (χ4v) is 1.50. The van der Waals surface area contributed by atoms with E-state index in [9.17, 15) is 4.79 Å². The molecule has 4 heteroatoms. The molecule has 4 nitrogen and oxygen atoms in total. The summed E-state index contributed by atoms with van der Waals surface area (Å²) in [6.45, 7) is 0.276. The van der Waals surface area contributed by atoms with Crippen LogP contribution in [0.5, 0.6) is 5.75 Å². The van der Waals surface area contributed by atoms with Crippen molar-refractivity contribution in [2.45, 2.75) is 6.04 Å². The first-order valence-corrected chi connectivity index (χ1v) is 5.12. The van der Waals surface area contributed by atoms with E-state index in [-0.39, 0.29) is 6.54 Å². The molecule has 0 amide bonds. The third-order valence-electron chi connectivity index (χ3n) is 2.30. The quantitative estimate of drug-likeness (QED) is 0.612. The van der Waals surface area contributed by atoms with Crippen molar-refractivity contribution in [2.75, 3.05) is 20.8 Å². The Balaban J connectivity index is 3.03. The van der Waals surface area contributed by atoms with E-state index in [1.165, 1.54) is 7.11 Å². The number of methoxy groups -OCH3 is 2. The number of rotatable bonds is 5. The van der Waals surface area contributed by atoms with Gasteiger partial charge in [-0.2, -0.15) is 0 Å². The molecule has 0 aromatic heterocycles. The van der Waals surface area contributed by atoms with Gasteiger partial charge in [-0.3, -0.25) is 5.32 Å². The van der Waals surface area contributed by atoms with Crippen LogP contribution in [0.1, 0.15) is 11.6 Å². The van der Waals surface area contributed by atoms with Crippen molar-refractivity contribution in [3.63, 3.8) is 0 Å². The van der Waals surface area contributed by atoms with Gasteiger partial charge in [-0.25, -0.2) is 4.79 Å². The highest BCUT2D eigenvalue weighted by Gasteiger charge is 2.23. The molecule has 0 heterocycles. The first-order valence-electron chi connectivity index (χ1n) is 5.12. The predicted octanol–water partition coefficient (Wildman–Crippen LogP) is 1.13. The second-order valence-electron chi connectivity index (χ2n) is 3.28. The van der Waals surface area contributed by atoms with Crippen LogP contribution in [-0.4, -0.2) is 26.7 Å². The SMILES string of the molecule is C#CCNC(C(=O)OC)c1ccccc1OC. The van der Waals surface area contributed by atoms with Crippen molar-refractivity contribution in [1.29, 1.82) is 0 Å². The maximum absolute atomic E-state index is 11.7. The zero-order valence-corrected chi connectivity index (χ0v) is 9.90. The molecule has 0 aliphatic carbocycles. The van der Waals surface area contributed by atoms with E-state index in [4.69, 9.17) is 15.9 Å². The fourth-order valence-electron chi connectivity index (χ4n) is 1.50. The Morgan fingerprint density at radius 2 is 2.18 bits per heavy atom. The molecule has 1 N–H and O–H groups in total. The van der Waals surface area contributed by atoms with Gasteiger partial charge in [-0.05, 0) is 6.07 Å². The monoisotopic (exact) mass is 233 g/mol. The lowest BCUT2D eigenvalue weighted by Crippen LogP contribution is -2.30. The highest BCUT2D eigenvalue weighted by molar-refractivity contribution is 5.78. The molecule has 1 unspecified atom stereocenters. The Morgan fingerprint density at radius 1 is 1.47 bits per heavy atom. The van der Waals surface area contributed by atoms with Crippen molar-refractivity contribution in [3.05, 3.63) is 29.8 Å². The second kappa shape index (κ2) is 6.56. The molecule has 0 aliphatic rings. The van der Waals surface area contributed by atoms with Crippen molar-refractivity contribution < 1.29 is 14.3 Å². The van der Waals surface area contributed by atoms with Crippen LogP contribution in [0.2, 0.25) is 0 Å². The molecule has 17 heavy (non-hydrogen) atoms. The first-order chi connectivity index (χ1) is 8.24. The summed E-state index contributed by atoms with van der Waals surface area (Å²) in [7, 11) is 2.89. The van der Waals surface area contributed by atoms with Crippen LogP contribution in [0, 0.1) is 12.3 Å². The third-order valence-corrected chi connectivity index (χ3v) is 2.30. The number of carbonyl (C=O) groups excluding carboxylic acids is 1. The largest absolute Gasteiger partial charge is 0.496 e. The minimum atomic E-state index is -0.618. The Hall–Kier alpha value is -1.99. The number of ether oxygens (including phenoxy) is 2. The maximum Gasteiger partial charge on any atom is 0.327 e. The second-order valence-corrected chi connectivity index (χ2v) is 3.28. The molecule has 0 saturated carbocycles. The lowest BCUT2D eigenvalue weighted by molar-refractivity contribution is -0.143. The average Bonchev–Trinajstić information content (AvgIpc) is 2.39. The Morgan fingerprint density at radius 3 is 2.76 bits per heavy atom. The van der Waals surface area contributed by atoms with Crippen LogP contribution in [-0.2, 0) is 9.53 Å². The number of hydrogen-bond donors (Lipinski definition) is 1. The molecule has 1 rings (SSSR count). The molecule has 1 atom stereocenters. The van der Waals surface area contributed by atoms with E-state index in [0.717, 1.165) is 0 Å². The van der Waals surface area contributed by atoms with Crippen LogP contribution in [0.4, 0.5) is 0 Å². The number of para-hydroxylation sites is 1. The van der Waals surface area contributed by atoms with E-state index in [1.807, 2.05) is 12.1 Å². The lowest BCUT2D eigenvalue weighted by atomic mass is 10.1. The van der Waals surface area contributed by atoms with Gasteiger partial charge in [0.15, 0.2) is 0 Å². The zero-order chi connectivity index (χ0) is 12.7. The molecule has 90 valence electrons. The van der Waals surface area contributed by atoms with Gasteiger partial charge in [0, 0.05) is 5.56 Å². The normalized spacial score (nSPS) is 11.4. The number of hydrogen-bond acceptors (Lipinski definition) is 4. The van der Waals surface area contributed by atoms with E-state index >= 15 is 0 Å². The number of nitrogens with one attached hydrogen (secondary N) is 1.